The van der Waals surface area contributed by atoms with Crippen LogP contribution in [0.1, 0.15) is 34.1 Å². The van der Waals surface area contributed by atoms with Crippen LogP contribution in [0.3, 0.4) is 0 Å². The molecule has 20 heavy (non-hydrogen) atoms. The minimum absolute atomic E-state index is 0.147. The molecule has 0 saturated carbocycles. The number of nitrogens with zero attached hydrogens (tertiary/aromatic N) is 2. The number of hydrogen-bond acceptors (Lipinski definition) is 5. The van der Waals surface area contributed by atoms with E-state index in [9.17, 15) is 4.79 Å². The molecule has 3 atom stereocenters. The molecule has 4 rings (SSSR count). The van der Waals surface area contributed by atoms with Crippen LogP contribution in [0.4, 0.5) is 4.79 Å². The number of hydrogen-bond donors (Lipinski definition) is 0. The maximum absolute atomic E-state index is 12.3. The van der Waals surface area contributed by atoms with Crippen molar-refractivity contribution < 1.29 is 19.0 Å². The van der Waals surface area contributed by atoms with E-state index in [-0.39, 0.29) is 24.0 Å². The maximum atomic E-state index is 12.3. The molecule has 1 amide bonds. The first kappa shape index (κ1) is 14.1. The zero-order valence-electron chi connectivity index (χ0n) is 12.7. The van der Waals surface area contributed by atoms with Crippen LogP contribution in [0.15, 0.2) is 0 Å². The SMILES string of the molecule is CC(C)(C)OC(=O)N1CCC2OC1C2(C)N1CCOC1. The van der Waals surface area contributed by atoms with Crippen LogP contribution >= 0.6 is 0 Å². The largest absolute Gasteiger partial charge is 0.444 e. The molecule has 0 aromatic heterocycles. The Morgan fingerprint density at radius 3 is 2.65 bits per heavy atom. The van der Waals surface area contributed by atoms with Crippen molar-refractivity contribution in [3.05, 3.63) is 0 Å². The molecule has 6 nitrogen and oxygen atoms in total. The van der Waals surface area contributed by atoms with Crippen LogP contribution in [0.5, 0.6) is 0 Å². The summed E-state index contributed by atoms with van der Waals surface area (Å²) in [7, 11) is 0. The first-order valence-corrected chi connectivity index (χ1v) is 7.30. The fourth-order valence-corrected chi connectivity index (χ4v) is 3.30. The lowest BCUT2D eigenvalue weighted by Gasteiger charge is -2.63. The first-order valence-electron chi connectivity index (χ1n) is 7.30. The zero-order valence-corrected chi connectivity index (χ0v) is 12.7. The van der Waals surface area contributed by atoms with Gasteiger partial charge in [-0.05, 0) is 34.1 Å². The van der Waals surface area contributed by atoms with E-state index in [0.29, 0.717) is 13.3 Å². The average Bonchev–Trinajstić information content (AvgIpc) is 2.89. The molecule has 3 unspecified atom stereocenters. The highest BCUT2D eigenvalue weighted by Crippen LogP contribution is 2.46. The number of piperidine rings is 1. The van der Waals surface area contributed by atoms with Gasteiger partial charge in [-0.25, -0.2) is 4.79 Å². The van der Waals surface area contributed by atoms with Crippen molar-refractivity contribution in [2.24, 2.45) is 0 Å². The van der Waals surface area contributed by atoms with Gasteiger partial charge in [0.05, 0.1) is 25.0 Å². The standard InChI is InChI=1S/C14H24N2O4/c1-13(2,3)20-12(17)16-6-5-10-14(4,11(16)19-10)15-7-8-18-9-15/h10-11H,5-9H2,1-4H3. The summed E-state index contributed by atoms with van der Waals surface area (Å²) in [5.74, 6) is 0. The van der Waals surface area contributed by atoms with Crippen LogP contribution in [-0.4, -0.2) is 65.8 Å². The average molecular weight is 284 g/mol. The van der Waals surface area contributed by atoms with Gasteiger partial charge in [-0.1, -0.05) is 0 Å². The van der Waals surface area contributed by atoms with Crippen molar-refractivity contribution >= 4 is 6.09 Å². The Morgan fingerprint density at radius 1 is 1.35 bits per heavy atom. The van der Waals surface area contributed by atoms with Gasteiger partial charge in [0.2, 0.25) is 0 Å². The molecule has 0 aromatic rings. The highest BCUT2D eigenvalue weighted by Gasteiger charge is 2.63. The second-order valence-electron chi connectivity index (χ2n) is 6.97. The Kier molecular flexibility index (Phi) is 3.23. The topological polar surface area (TPSA) is 51.2 Å². The second-order valence-corrected chi connectivity index (χ2v) is 6.97. The quantitative estimate of drug-likeness (QED) is 0.728. The minimum Gasteiger partial charge on any atom is -0.444 e. The molecule has 4 fully saturated rings. The number of amides is 1. The molecule has 0 aromatic carbocycles. The summed E-state index contributed by atoms with van der Waals surface area (Å²) >= 11 is 0. The van der Waals surface area contributed by atoms with E-state index in [2.05, 4.69) is 11.8 Å². The summed E-state index contributed by atoms with van der Waals surface area (Å²) in [6.45, 7) is 10.8. The number of carbonyl (C=O) groups is 1. The lowest BCUT2D eigenvalue weighted by molar-refractivity contribution is -0.321. The van der Waals surface area contributed by atoms with E-state index in [1.165, 1.54) is 0 Å². The van der Waals surface area contributed by atoms with Crippen LogP contribution in [-0.2, 0) is 14.2 Å². The Labute approximate surface area is 119 Å². The number of ether oxygens (including phenoxy) is 3. The fourth-order valence-electron chi connectivity index (χ4n) is 3.30. The lowest BCUT2D eigenvalue weighted by atomic mass is 9.79. The number of fused-ring (bicyclic) bond motifs is 2. The Hall–Kier alpha value is -0.850. The maximum Gasteiger partial charge on any atom is 0.412 e. The van der Waals surface area contributed by atoms with Gasteiger partial charge in [0.15, 0.2) is 6.23 Å². The summed E-state index contributed by atoms with van der Waals surface area (Å²) in [5, 5.41) is 0. The Morgan fingerprint density at radius 2 is 2.10 bits per heavy atom. The van der Waals surface area contributed by atoms with Gasteiger partial charge in [0, 0.05) is 13.1 Å². The molecule has 4 saturated heterocycles. The molecule has 4 aliphatic rings. The molecular formula is C14H24N2O4. The van der Waals surface area contributed by atoms with E-state index < -0.39 is 5.60 Å². The second kappa shape index (κ2) is 4.58. The van der Waals surface area contributed by atoms with Gasteiger partial charge in [-0.15, -0.1) is 0 Å². The molecule has 2 bridgehead atoms. The van der Waals surface area contributed by atoms with E-state index in [1.54, 1.807) is 4.90 Å². The third-order valence-corrected chi connectivity index (χ3v) is 4.42. The Bertz CT molecular complexity index is 400. The van der Waals surface area contributed by atoms with Gasteiger partial charge < -0.3 is 14.2 Å². The molecule has 0 radical (unpaired) electrons. The molecule has 0 aliphatic carbocycles. The van der Waals surface area contributed by atoms with Crippen molar-refractivity contribution in [1.29, 1.82) is 0 Å². The van der Waals surface area contributed by atoms with Gasteiger partial charge in [0.1, 0.15) is 5.60 Å². The van der Waals surface area contributed by atoms with Crippen molar-refractivity contribution in [3.8, 4) is 0 Å². The normalized spacial score (nSPS) is 37.7. The van der Waals surface area contributed by atoms with Crippen molar-refractivity contribution in [2.75, 3.05) is 26.4 Å². The van der Waals surface area contributed by atoms with Crippen LogP contribution < -0.4 is 0 Å². The summed E-state index contributed by atoms with van der Waals surface area (Å²) in [6, 6.07) is 0. The lowest BCUT2D eigenvalue weighted by Crippen LogP contribution is -2.80. The third kappa shape index (κ3) is 2.10. The molecular weight excluding hydrogens is 260 g/mol. The molecule has 0 N–H and O–H groups in total. The molecule has 0 spiro atoms. The molecule has 6 heteroatoms. The predicted octanol–water partition coefficient (Wildman–Crippen LogP) is 1.40. The molecule has 114 valence electrons. The van der Waals surface area contributed by atoms with Crippen LogP contribution in [0, 0.1) is 0 Å². The van der Waals surface area contributed by atoms with Crippen molar-refractivity contribution in [1.82, 2.24) is 9.80 Å². The first-order chi connectivity index (χ1) is 9.32. The van der Waals surface area contributed by atoms with E-state index in [0.717, 1.165) is 19.6 Å². The number of carbonyl (C=O) groups excluding carboxylic acids is 1. The highest BCUT2D eigenvalue weighted by molar-refractivity contribution is 5.69. The Balaban J connectivity index is 1.73. The number of rotatable bonds is 1. The fraction of sp³-hybridized carbons (Fsp3) is 0.929. The highest BCUT2D eigenvalue weighted by atomic mass is 16.6. The summed E-state index contributed by atoms with van der Waals surface area (Å²) < 4.78 is 16.8. The summed E-state index contributed by atoms with van der Waals surface area (Å²) in [5.41, 5.74) is -0.628. The van der Waals surface area contributed by atoms with Crippen molar-refractivity contribution in [3.63, 3.8) is 0 Å². The zero-order chi connectivity index (χ0) is 14.5. The summed E-state index contributed by atoms with van der Waals surface area (Å²) in [4.78, 5) is 16.3. The van der Waals surface area contributed by atoms with E-state index in [4.69, 9.17) is 14.2 Å². The predicted molar refractivity (Wildman–Crippen MR) is 72.1 cm³/mol. The van der Waals surface area contributed by atoms with Crippen molar-refractivity contribution in [2.45, 2.75) is 57.6 Å². The van der Waals surface area contributed by atoms with E-state index in [1.807, 2.05) is 20.8 Å². The molecule has 4 aliphatic heterocycles. The van der Waals surface area contributed by atoms with Crippen LogP contribution in [0.25, 0.3) is 0 Å². The van der Waals surface area contributed by atoms with E-state index >= 15 is 0 Å². The molecule has 4 heterocycles. The summed E-state index contributed by atoms with van der Waals surface area (Å²) in [6.07, 6.45) is 0.528. The minimum atomic E-state index is -0.481. The van der Waals surface area contributed by atoms with Gasteiger partial charge >= 0.3 is 6.09 Å². The van der Waals surface area contributed by atoms with Gasteiger partial charge in [-0.3, -0.25) is 9.80 Å². The van der Waals surface area contributed by atoms with Crippen LogP contribution in [0.2, 0.25) is 0 Å². The smallest absolute Gasteiger partial charge is 0.412 e. The van der Waals surface area contributed by atoms with Gasteiger partial charge in [0.25, 0.3) is 0 Å². The third-order valence-electron chi connectivity index (χ3n) is 4.42. The monoisotopic (exact) mass is 284 g/mol. The van der Waals surface area contributed by atoms with Gasteiger partial charge in [-0.2, -0.15) is 0 Å².